The summed E-state index contributed by atoms with van der Waals surface area (Å²) in [7, 11) is 0. The third kappa shape index (κ3) is 2.24. The molecule has 0 amide bonds. The number of halogens is 1. The first-order valence-electron chi connectivity index (χ1n) is 4.13. The van der Waals surface area contributed by atoms with Crippen molar-refractivity contribution in [2.45, 2.75) is 12.6 Å². The monoisotopic (exact) mass is 183 g/mol. The van der Waals surface area contributed by atoms with Gasteiger partial charge in [0.2, 0.25) is 0 Å². The molecular weight excluding hydrogens is 169 g/mol. The van der Waals surface area contributed by atoms with E-state index in [0.29, 0.717) is 17.7 Å². The second-order valence-electron chi connectivity index (χ2n) is 2.90. The van der Waals surface area contributed by atoms with Gasteiger partial charge in [0.05, 0.1) is 0 Å². The normalized spacial score (nSPS) is 12.9. The Bertz CT molecular complexity index is 288. The van der Waals surface area contributed by atoms with E-state index in [4.69, 9.17) is 17.2 Å². The fourth-order valence-corrected chi connectivity index (χ4v) is 1.10. The summed E-state index contributed by atoms with van der Waals surface area (Å²) < 4.78 is 13.2. The smallest absolute Gasteiger partial charge is 0.128 e. The van der Waals surface area contributed by atoms with Gasteiger partial charge in [-0.3, -0.25) is 0 Å². The van der Waals surface area contributed by atoms with E-state index >= 15 is 0 Å². The Hall–Kier alpha value is -0.970. The summed E-state index contributed by atoms with van der Waals surface area (Å²) in [6.45, 7) is 0.505. The molecule has 4 heteroatoms. The number of nitrogens with two attached hydrogens (primary N) is 3. The van der Waals surface area contributed by atoms with E-state index in [1.807, 2.05) is 0 Å². The van der Waals surface area contributed by atoms with Gasteiger partial charge in [0, 0.05) is 24.7 Å². The SMILES string of the molecule is NCc1ccc([C@@H](N)CN)cc1F. The van der Waals surface area contributed by atoms with Crippen molar-refractivity contribution >= 4 is 0 Å². The molecule has 0 saturated carbocycles. The van der Waals surface area contributed by atoms with Crippen molar-refractivity contribution in [1.82, 2.24) is 0 Å². The van der Waals surface area contributed by atoms with Gasteiger partial charge in [-0.15, -0.1) is 0 Å². The molecule has 13 heavy (non-hydrogen) atoms. The highest BCUT2D eigenvalue weighted by Crippen LogP contribution is 2.14. The van der Waals surface area contributed by atoms with Crippen molar-refractivity contribution in [3.8, 4) is 0 Å². The van der Waals surface area contributed by atoms with Gasteiger partial charge in [-0.1, -0.05) is 12.1 Å². The highest BCUT2D eigenvalue weighted by Gasteiger charge is 2.06. The molecule has 0 saturated heterocycles. The predicted molar refractivity (Wildman–Crippen MR) is 50.3 cm³/mol. The summed E-state index contributed by atoms with van der Waals surface area (Å²) in [4.78, 5) is 0. The molecule has 0 aliphatic carbocycles. The Balaban J connectivity index is 2.95. The Kier molecular flexibility index (Phi) is 3.36. The second kappa shape index (κ2) is 4.32. The fourth-order valence-electron chi connectivity index (χ4n) is 1.10. The minimum atomic E-state index is -0.316. The summed E-state index contributed by atoms with van der Waals surface area (Å²) in [5, 5.41) is 0. The Morgan fingerprint density at radius 3 is 2.46 bits per heavy atom. The van der Waals surface area contributed by atoms with Gasteiger partial charge >= 0.3 is 0 Å². The lowest BCUT2D eigenvalue weighted by atomic mass is 10.1. The molecule has 1 aromatic rings. The van der Waals surface area contributed by atoms with Crippen molar-refractivity contribution < 1.29 is 4.39 Å². The number of hydrogen-bond acceptors (Lipinski definition) is 3. The predicted octanol–water partition coefficient (Wildman–Crippen LogP) is 0.243. The topological polar surface area (TPSA) is 78.1 Å². The molecular formula is C9H14FN3. The van der Waals surface area contributed by atoms with Crippen LogP contribution in [-0.2, 0) is 6.54 Å². The molecule has 0 spiro atoms. The summed E-state index contributed by atoms with van der Waals surface area (Å²) >= 11 is 0. The molecule has 1 aromatic carbocycles. The zero-order chi connectivity index (χ0) is 9.84. The van der Waals surface area contributed by atoms with Crippen LogP contribution in [0.2, 0.25) is 0 Å². The Morgan fingerprint density at radius 1 is 1.31 bits per heavy atom. The molecule has 0 aliphatic rings. The van der Waals surface area contributed by atoms with Crippen LogP contribution in [0.15, 0.2) is 18.2 Å². The lowest BCUT2D eigenvalue weighted by molar-refractivity contribution is 0.603. The van der Waals surface area contributed by atoms with E-state index < -0.39 is 0 Å². The average Bonchev–Trinajstić information content (AvgIpc) is 2.16. The van der Waals surface area contributed by atoms with Crippen LogP contribution < -0.4 is 17.2 Å². The van der Waals surface area contributed by atoms with Crippen LogP contribution in [0.3, 0.4) is 0 Å². The third-order valence-electron chi connectivity index (χ3n) is 1.98. The average molecular weight is 183 g/mol. The molecule has 0 unspecified atom stereocenters. The van der Waals surface area contributed by atoms with Crippen LogP contribution >= 0.6 is 0 Å². The number of hydrogen-bond donors (Lipinski definition) is 3. The molecule has 72 valence electrons. The lowest BCUT2D eigenvalue weighted by Gasteiger charge is -2.10. The van der Waals surface area contributed by atoms with E-state index in [9.17, 15) is 4.39 Å². The first-order valence-corrected chi connectivity index (χ1v) is 4.13. The molecule has 0 fully saturated rings. The van der Waals surface area contributed by atoms with Crippen LogP contribution in [0.4, 0.5) is 4.39 Å². The first kappa shape index (κ1) is 10.1. The van der Waals surface area contributed by atoms with Crippen molar-refractivity contribution in [3.63, 3.8) is 0 Å². The van der Waals surface area contributed by atoms with Gasteiger partial charge in [-0.25, -0.2) is 4.39 Å². The Labute approximate surface area is 76.7 Å². The minimum Gasteiger partial charge on any atom is -0.329 e. The second-order valence-corrected chi connectivity index (χ2v) is 2.90. The standard InChI is InChI=1S/C9H14FN3/c10-8-3-6(9(13)5-12)1-2-7(8)4-11/h1-3,9H,4-5,11-13H2/t9-/m0/s1. The largest absolute Gasteiger partial charge is 0.329 e. The maximum Gasteiger partial charge on any atom is 0.128 e. The molecule has 6 N–H and O–H groups in total. The molecule has 0 aliphatic heterocycles. The summed E-state index contributed by atoms with van der Waals surface area (Å²) in [6, 6.07) is 4.48. The number of rotatable bonds is 3. The van der Waals surface area contributed by atoms with Gasteiger partial charge < -0.3 is 17.2 Å². The highest BCUT2D eigenvalue weighted by molar-refractivity contribution is 5.26. The lowest BCUT2D eigenvalue weighted by Crippen LogP contribution is -2.21. The quantitative estimate of drug-likeness (QED) is 0.628. The van der Waals surface area contributed by atoms with Crippen molar-refractivity contribution in [2.75, 3.05) is 6.54 Å². The van der Waals surface area contributed by atoms with E-state index in [2.05, 4.69) is 0 Å². The number of benzene rings is 1. The Morgan fingerprint density at radius 2 is 2.00 bits per heavy atom. The van der Waals surface area contributed by atoms with Crippen molar-refractivity contribution in [1.29, 1.82) is 0 Å². The third-order valence-corrected chi connectivity index (χ3v) is 1.98. The zero-order valence-corrected chi connectivity index (χ0v) is 7.33. The van der Waals surface area contributed by atoms with E-state index in [1.165, 1.54) is 6.07 Å². The van der Waals surface area contributed by atoms with Crippen LogP contribution in [0.5, 0.6) is 0 Å². The molecule has 3 nitrogen and oxygen atoms in total. The maximum atomic E-state index is 13.2. The molecule has 0 heterocycles. The summed E-state index contributed by atoms with van der Waals surface area (Å²) in [6.07, 6.45) is 0. The van der Waals surface area contributed by atoms with Gasteiger partial charge in [-0.2, -0.15) is 0 Å². The van der Waals surface area contributed by atoms with Crippen LogP contribution in [-0.4, -0.2) is 6.54 Å². The van der Waals surface area contributed by atoms with Crippen LogP contribution in [0.1, 0.15) is 17.2 Å². The molecule has 0 radical (unpaired) electrons. The molecule has 0 aromatic heterocycles. The van der Waals surface area contributed by atoms with Crippen LogP contribution in [0, 0.1) is 5.82 Å². The molecule has 0 bridgehead atoms. The van der Waals surface area contributed by atoms with Gasteiger partial charge in [0.1, 0.15) is 5.82 Å². The highest BCUT2D eigenvalue weighted by atomic mass is 19.1. The summed E-state index contributed by atoms with van der Waals surface area (Å²) in [5.74, 6) is -0.316. The molecule has 1 rings (SSSR count). The van der Waals surface area contributed by atoms with E-state index in [-0.39, 0.29) is 18.4 Å². The minimum absolute atomic E-state index is 0.198. The van der Waals surface area contributed by atoms with Crippen molar-refractivity contribution in [3.05, 3.63) is 35.1 Å². The molecule has 1 atom stereocenters. The van der Waals surface area contributed by atoms with Gasteiger partial charge in [-0.05, 0) is 11.6 Å². The van der Waals surface area contributed by atoms with E-state index in [0.717, 1.165) is 0 Å². The first-order chi connectivity index (χ1) is 6.19. The summed E-state index contributed by atoms with van der Waals surface area (Å²) in [5.41, 5.74) is 17.5. The van der Waals surface area contributed by atoms with Crippen molar-refractivity contribution in [2.24, 2.45) is 17.2 Å². The van der Waals surface area contributed by atoms with Crippen LogP contribution in [0.25, 0.3) is 0 Å². The maximum absolute atomic E-state index is 13.2. The zero-order valence-electron chi connectivity index (χ0n) is 7.33. The fraction of sp³-hybridized carbons (Fsp3) is 0.333. The van der Waals surface area contributed by atoms with E-state index in [1.54, 1.807) is 12.1 Å². The van der Waals surface area contributed by atoms with Gasteiger partial charge in [0.15, 0.2) is 0 Å². The van der Waals surface area contributed by atoms with Gasteiger partial charge in [0.25, 0.3) is 0 Å².